The van der Waals surface area contributed by atoms with Gasteiger partial charge in [0.25, 0.3) is 0 Å². The molecule has 0 saturated heterocycles. The fourth-order valence-corrected chi connectivity index (χ4v) is 7.74. The molecule has 4 nitrogen and oxygen atoms in total. The zero-order chi connectivity index (χ0) is 30.0. The summed E-state index contributed by atoms with van der Waals surface area (Å²) in [6.07, 6.45) is 23.1. The molecule has 0 radical (unpaired) electrons. The van der Waals surface area contributed by atoms with Gasteiger partial charge in [-0.3, -0.25) is 14.4 Å². The third-order valence-electron chi connectivity index (χ3n) is 9.83. The van der Waals surface area contributed by atoms with Gasteiger partial charge in [-0.2, -0.15) is 0 Å². The normalized spacial score (nSPS) is 31.4. The highest BCUT2D eigenvalue weighted by Crippen LogP contribution is 2.46. The van der Waals surface area contributed by atoms with Crippen molar-refractivity contribution >= 4 is 26.1 Å². The summed E-state index contributed by atoms with van der Waals surface area (Å²) < 4.78 is 0. The quantitative estimate of drug-likeness (QED) is 0.136. The molecule has 5 heteroatoms. The van der Waals surface area contributed by atoms with E-state index in [0.717, 1.165) is 79.0 Å². The Kier molecular flexibility index (Phi) is 13.5. The van der Waals surface area contributed by atoms with E-state index in [9.17, 15) is 19.5 Å². The van der Waals surface area contributed by atoms with Gasteiger partial charge < -0.3 is 5.11 Å². The van der Waals surface area contributed by atoms with E-state index in [1.807, 2.05) is 6.92 Å². The number of rotatable bonds is 13. The number of hydrogen-bond acceptors (Lipinski definition) is 3. The molecule has 0 amide bonds. The number of Topliss-reactive ketones (excluding diaryl/α,β-unsaturated/α-hetero) is 2. The van der Waals surface area contributed by atoms with Gasteiger partial charge in [0, 0.05) is 28.3 Å². The molecule has 226 valence electrons. The van der Waals surface area contributed by atoms with Crippen LogP contribution in [0.2, 0.25) is 0 Å². The largest absolute Gasteiger partial charge is 0.481 e. The number of ketones is 2. The van der Waals surface area contributed by atoms with E-state index < -0.39 is 11.4 Å². The van der Waals surface area contributed by atoms with E-state index in [1.54, 1.807) is 0 Å². The third kappa shape index (κ3) is 10.4. The van der Waals surface area contributed by atoms with Crippen LogP contribution in [0.15, 0.2) is 36.0 Å². The fourth-order valence-electron chi connectivity index (χ4n) is 6.49. The lowest BCUT2D eigenvalue weighted by molar-refractivity contribution is -0.143. The molecule has 7 atom stereocenters. The molecule has 2 rings (SSSR count). The number of carbonyl (C=O) groups excluding carboxylic acids is 2. The number of carboxylic acids is 1. The van der Waals surface area contributed by atoms with Gasteiger partial charge in [-0.25, -0.2) is 0 Å². The van der Waals surface area contributed by atoms with Crippen molar-refractivity contribution in [1.82, 2.24) is 0 Å². The minimum atomic E-state index is -1.02. The Morgan fingerprint density at radius 3 is 2.33 bits per heavy atom. The maximum absolute atomic E-state index is 12.8. The molecule has 2 aliphatic rings. The van der Waals surface area contributed by atoms with E-state index in [4.69, 9.17) is 0 Å². The van der Waals surface area contributed by atoms with Crippen LogP contribution in [0.5, 0.6) is 0 Å². The highest BCUT2D eigenvalue weighted by Gasteiger charge is 2.37. The molecular formula is C35H57O4P. The van der Waals surface area contributed by atoms with Gasteiger partial charge in [0.1, 0.15) is 18.0 Å². The number of aliphatic carboxylic acids is 1. The number of carbonyl (C=O) groups is 3. The highest BCUT2D eigenvalue weighted by molar-refractivity contribution is 7.40. The van der Waals surface area contributed by atoms with Crippen molar-refractivity contribution in [2.45, 2.75) is 131 Å². The summed E-state index contributed by atoms with van der Waals surface area (Å²) >= 11 is 0. The summed E-state index contributed by atoms with van der Waals surface area (Å²) in [5.41, 5.74) is 0.737. The lowest BCUT2D eigenvalue weighted by Gasteiger charge is -2.36. The SMILES string of the molecule is CCPC1(C)C=CC(C)(C2CCCCC(C)(C(=O)CC(=O)O)CCC2)C=CC(CCC(C)C(=O)CC(C)CC)=C1. The van der Waals surface area contributed by atoms with Crippen LogP contribution in [0, 0.1) is 28.6 Å². The van der Waals surface area contributed by atoms with Crippen LogP contribution in [-0.2, 0) is 14.4 Å². The molecule has 0 aromatic carbocycles. The van der Waals surface area contributed by atoms with Crippen LogP contribution >= 0.6 is 8.58 Å². The molecule has 40 heavy (non-hydrogen) atoms. The smallest absolute Gasteiger partial charge is 0.310 e. The molecule has 0 aromatic heterocycles. The average molecular weight is 573 g/mol. The molecule has 1 saturated carbocycles. The van der Waals surface area contributed by atoms with Crippen LogP contribution in [0.1, 0.15) is 126 Å². The maximum atomic E-state index is 12.8. The molecule has 1 N–H and O–H groups in total. The number of allylic oxidation sites excluding steroid dienone is 6. The zero-order valence-corrected chi connectivity index (χ0v) is 27.5. The minimum absolute atomic E-state index is 0.0143. The zero-order valence-electron chi connectivity index (χ0n) is 26.5. The van der Waals surface area contributed by atoms with Crippen LogP contribution < -0.4 is 0 Å². The van der Waals surface area contributed by atoms with Crippen molar-refractivity contribution in [3.05, 3.63) is 36.0 Å². The Bertz CT molecular complexity index is 964. The van der Waals surface area contributed by atoms with Gasteiger partial charge >= 0.3 is 5.97 Å². The van der Waals surface area contributed by atoms with Crippen molar-refractivity contribution in [2.75, 3.05) is 6.16 Å². The topological polar surface area (TPSA) is 71.4 Å². The van der Waals surface area contributed by atoms with Crippen molar-refractivity contribution in [1.29, 1.82) is 0 Å². The van der Waals surface area contributed by atoms with Crippen molar-refractivity contribution in [2.24, 2.45) is 28.6 Å². The van der Waals surface area contributed by atoms with Gasteiger partial charge in [0.2, 0.25) is 0 Å². The van der Waals surface area contributed by atoms with Gasteiger partial charge in [-0.1, -0.05) is 103 Å². The molecule has 0 aromatic rings. The molecule has 0 spiro atoms. The summed E-state index contributed by atoms with van der Waals surface area (Å²) in [6.45, 7) is 15.4. The van der Waals surface area contributed by atoms with E-state index in [2.05, 4.69) is 71.9 Å². The number of carboxylic acid groups (broad SMARTS) is 1. The molecule has 1 fully saturated rings. The summed E-state index contributed by atoms with van der Waals surface area (Å²) in [4.78, 5) is 36.8. The molecule has 0 heterocycles. The second-order valence-electron chi connectivity index (χ2n) is 13.6. The summed E-state index contributed by atoms with van der Waals surface area (Å²) in [6, 6.07) is 0. The van der Waals surface area contributed by atoms with Crippen molar-refractivity contribution in [3.8, 4) is 0 Å². The first-order chi connectivity index (χ1) is 18.8. The Morgan fingerprint density at radius 2 is 1.68 bits per heavy atom. The standard InChI is InChI=1S/C35H57O4P/c1-8-26(3)23-30(36)27(4)15-16-28-17-20-33(5,21-22-35(7,25-28)40-9-2)29-13-10-11-18-34(6,19-12-14-29)31(37)24-32(38)39/h17,20-22,25-27,29,40H,8-16,18-19,23-24H2,1-7H3,(H,38,39). The van der Waals surface area contributed by atoms with E-state index >= 15 is 0 Å². The molecule has 2 aliphatic carbocycles. The third-order valence-corrected chi connectivity index (χ3v) is 11.3. The van der Waals surface area contributed by atoms with E-state index in [-0.39, 0.29) is 28.7 Å². The molecule has 0 bridgehead atoms. The molecule has 0 aliphatic heterocycles. The van der Waals surface area contributed by atoms with Gasteiger partial charge in [0.05, 0.1) is 0 Å². The second kappa shape index (κ2) is 15.6. The first-order valence-electron chi connectivity index (χ1n) is 15.9. The first kappa shape index (κ1) is 34.7. The van der Waals surface area contributed by atoms with Crippen LogP contribution in [0.4, 0.5) is 0 Å². The van der Waals surface area contributed by atoms with Crippen molar-refractivity contribution in [3.63, 3.8) is 0 Å². The Morgan fingerprint density at radius 1 is 1.00 bits per heavy atom. The van der Waals surface area contributed by atoms with Crippen molar-refractivity contribution < 1.29 is 19.5 Å². The van der Waals surface area contributed by atoms with Crippen LogP contribution in [0.25, 0.3) is 0 Å². The lowest BCUT2D eigenvalue weighted by Crippen LogP contribution is -2.30. The average Bonchev–Trinajstić information content (AvgIpc) is 2.99. The summed E-state index contributed by atoms with van der Waals surface area (Å²) in [7, 11) is 0.805. The second-order valence-corrected chi connectivity index (χ2v) is 15.7. The van der Waals surface area contributed by atoms with Gasteiger partial charge in [0.15, 0.2) is 0 Å². The predicted octanol–water partition coefficient (Wildman–Crippen LogP) is 9.33. The monoisotopic (exact) mass is 572 g/mol. The highest BCUT2D eigenvalue weighted by atomic mass is 31.1. The molecule has 7 unspecified atom stereocenters. The predicted molar refractivity (Wildman–Crippen MR) is 170 cm³/mol. The van der Waals surface area contributed by atoms with E-state index in [1.165, 1.54) is 5.57 Å². The Labute approximate surface area is 246 Å². The van der Waals surface area contributed by atoms with Crippen LogP contribution in [-0.4, -0.2) is 34.0 Å². The van der Waals surface area contributed by atoms with Gasteiger partial charge in [-0.05, 0) is 63.4 Å². The van der Waals surface area contributed by atoms with Crippen LogP contribution in [0.3, 0.4) is 0 Å². The minimum Gasteiger partial charge on any atom is -0.481 e. The summed E-state index contributed by atoms with van der Waals surface area (Å²) in [5.74, 6) is 0.279. The molecular weight excluding hydrogens is 515 g/mol. The lowest BCUT2D eigenvalue weighted by atomic mass is 9.70. The Balaban J connectivity index is 2.23. The van der Waals surface area contributed by atoms with Gasteiger partial charge in [-0.15, -0.1) is 8.58 Å². The first-order valence-corrected chi connectivity index (χ1v) is 17.1. The maximum Gasteiger partial charge on any atom is 0.310 e. The Hall–Kier alpha value is -1.54. The fraction of sp³-hybridized carbons (Fsp3) is 0.743. The van der Waals surface area contributed by atoms with E-state index in [0.29, 0.717) is 24.0 Å². The summed E-state index contributed by atoms with van der Waals surface area (Å²) in [5, 5.41) is 9.21. The number of hydrogen-bond donors (Lipinski definition) is 1.